The Hall–Kier alpha value is -2.52. The van der Waals surface area contributed by atoms with Gasteiger partial charge in [-0.15, -0.1) is 0 Å². The molecular weight excluding hydrogens is 391 g/mol. The fraction of sp³-hybridized carbons (Fsp3) is 0.235. The van der Waals surface area contributed by atoms with Crippen molar-refractivity contribution in [3.8, 4) is 0 Å². The van der Waals surface area contributed by atoms with Crippen molar-refractivity contribution in [2.75, 3.05) is 0 Å². The molecule has 0 fully saturated rings. The third kappa shape index (κ3) is 4.09. The van der Waals surface area contributed by atoms with Gasteiger partial charge in [-0.3, -0.25) is 4.79 Å². The molecule has 0 aliphatic rings. The second kappa shape index (κ2) is 7.24. The Labute approximate surface area is 146 Å². The Morgan fingerprint density at radius 1 is 0.815 bits per heavy atom. The van der Waals surface area contributed by atoms with Gasteiger partial charge in [-0.05, 0) is 24.1 Å². The van der Waals surface area contributed by atoms with E-state index in [4.69, 9.17) is 0 Å². The van der Waals surface area contributed by atoms with Crippen molar-refractivity contribution in [3.05, 3.63) is 69.3 Å². The van der Waals surface area contributed by atoms with Crippen LogP contribution in [0.15, 0.2) is 12.1 Å². The first-order valence-corrected chi connectivity index (χ1v) is 7.22. The lowest BCUT2D eigenvalue weighted by Crippen LogP contribution is -2.19. The molecule has 27 heavy (non-hydrogen) atoms. The monoisotopic (exact) mass is 400 g/mol. The predicted molar refractivity (Wildman–Crippen MR) is 74.8 cm³/mol. The third-order valence-corrected chi connectivity index (χ3v) is 3.73. The van der Waals surface area contributed by atoms with Gasteiger partial charge in [0.15, 0.2) is 23.3 Å². The van der Waals surface area contributed by atoms with Gasteiger partial charge in [0.05, 0.1) is 0 Å². The van der Waals surface area contributed by atoms with Crippen LogP contribution in [-0.2, 0) is 23.8 Å². The molecule has 2 rings (SSSR count). The summed E-state index contributed by atoms with van der Waals surface area (Å²) in [5, 5.41) is 0. The Morgan fingerprint density at radius 3 is 1.81 bits per heavy atom. The second-order valence-electron chi connectivity index (χ2n) is 5.69. The maximum atomic E-state index is 13.8. The van der Waals surface area contributed by atoms with Crippen molar-refractivity contribution in [3.63, 3.8) is 0 Å². The van der Waals surface area contributed by atoms with Gasteiger partial charge < -0.3 is 0 Å². The van der Waals surface area contributed by atoms with E-state index in [9.17, 15) is 44.3 Å². The van der Waals surface area contributed by atoms with E-state index in [1.807, 2.05) is 0 Å². The van der Waals surface area contributed by atoms with Gasteiger partial charge in [0.1, 0.15) is 23.0 Å². The zero-order chi connectivity index (χ0) is 20.7. The van der Waals surface area contributed by atoms with E-state index >= 15 is 0 Å². The molecule has 146 valence electrons. The molecule has 2 aromatic rings. The molecule has 0 bridgehead atoms. The van der Waals surface area contributed by atoms with Gasteiger partial charge >= 0.3 is 6.18 Å². The molecule has 2 aromatic carbocycles. The van der Waals surface area contributed by atoms with E-state index < -0.39 is 70.8 Å². The Kier molecular flexibility index (Phi) is 5.58. The highest BCUT2D eigenvalue weighted by molar-refractivity contribution is 5.83. The van der Waals surface area contributed by atoms with Crippen LogP contribution in [0.1, 0.15) is 22.3 Å². The average molecular weight is 400 g/mol. The van der Waals surface area contributed by atoms with E-state index in [0.29, 0.717) is 6.07 Å². The molecule has 1 nitrogen and oxygen atoms in total. The number of hydrogen-bond acceptors (Lipinski definition) is 1. The van der Waals surface area contributed by atoms with Crippen molar-refractivity contribution < 1.29 is 44.3 Å². The fourth-order valence-corrected chi connectivity index (χ4v) is 2.41. The highest BCUT2D eigenvalue weighted by Gasteiger charge is 2.42. The molecule has 0 atom stereocenters. The summed E-state index contributed by atoms with van der Waals surface area (Å²) in [6.07, 6.45) is -7.86. The molecule has 0 saturated heterocycles. The highest BCUT2D eigenvalue weighted by atomic mass is 19.4. The summed E-state index contributed by atoms with van der Waals surface area (Å²) in [5.41, 5.74) is -4.70. The minimum absolute atomic E-state index is 0.0387. The number of ketones is 1. The summed E-state index contributed by atoms with van der Waals surface area (Å²) < 4.78 is 119. The van der Waals surface area contributed by atoms with Crippen LogP contribution in [0.25, 0.3) is 0 Å². The lowest BCUT2D eigenvalue weighted by Gasteiger charge is -2.14. The highest BCUT2D eigenvalue weighted by Crippen LogP contribution is 2.37. The summed E-state index contributed by atoms with van der Waals surface area (Å²) in [6.45, 7) is 1.25. The molecule has 0 saturated carbocycles. The molecule has 0 N–H and O–H groups in total. The first-order chi connectivity index (χ1) is 12.3. The lowest BCUT2D eigenvalue weighted by atomic mass is 9.98. The number of aryl methyl sites for hydroxylation is 1. The van der Waals surface area contributed by atoms with Crippen LogP contribution < -0.4 is 0 Å². The zero-order valence-electron chi connectivity index (χ0n) is 13.4. The standard InChI is InChI=1S/C17H9F9O/c1-6-2-7(11(19)5-10(6)18)3-8(27)4-9-13(20)15(22)12(17(24,25)26)16(23)14(9)21/h2,5H,3-4H2,1H3. The summed E-state index contributed by atoms with van der Waals surface area (Å²) in [7, 11) is 0. The van der Waals surface area contributed by atoms with Crippen LogP contribution in [0.5, 0.6) is 0 Å². The molecule has 0 amide bonds. The number of carbonyl (C=O) groups excluding carboxylic acids is 1. The number of carbonyl (C=O) groups is 1. The first-order valence-electron chi connectivity index (χ1n) is 7.22. The summed E-state index contributed by atoms with van der Waals surface area (Å²) in [4.78, 5) is 11.9. The molecule has 0 heterocycles. The molecule has 0 spiro atoms. The molecule has 0 radical (unpaired) electrons. The van der Waals surface area contributed by atoms with E-state index in [2.05, 4.69) is 0 Å². The van der Waals surface area contributed by atoms with Crippen molar-refractivity contribution in [2.45, 2.75) is 25.9 Å². The summed E-state index contributed by atoms with van der Waals surface area (Å²) in [5.74, 6) is -13.3. The van der Waals surface area contributed by atoms with Gasteiger partial charge in [0, 0.05) is 24.5 Å². The van der Waals surface area contributed by atoms with Crippen LogP contribution in [0.2, 0.25) is 0 Å². The zero-order valence-corrected chi connectivity index (χ0v) is 13.4. The lowest BCUT2D eigenvalue weighted by molar-refractivity contribution is -0.143. The van der Waals surface area contributed by atoms with E-state index in [1.54, 1.807) is 0 Å². The smallest absolute Gasteiger partial charge is 0.299 e. The maximum Gasteiger partial charge on any atom is 0.422 e. The SMILES string of the molecule is Cc1cc(CC(=O)Cc2c(F)c(F)c(C(F)(F)F)c(F)c2F)c(F)cc1F. The predicted octanol–water partition coefficient (Wildman–Crippen LogP) is 5.20. The Bertz CT molecular complexity index is 887. The number of halogens is 9. The quantitative estimate of drug-likeness (QED) is 0.509. The number of Topliss-reactive ketones (excluding diaryl/α,β-unsaturated/α-hetero) is 1. The molecule has 0 unspecified atom stereocenters. The summed E-state index contributed by atoms with van der Waals surface area (Å²) in [6, 6.07) is 1.42. The Morgan fingerprint density at radius 2 is 1.33 bits per heavy atom. The minimum Gasteiger partial charge on any atom is -0.299 e. The van der Waals surface area contributed by atoms with Crippen molar-refractivity contribution >= 4 is 5.78 Å². The third-order valence-electron chi connectivity index (χ3n) is 3.73. The first kappa shape index (κ1) is 20.8. The van der Waals surface area contributed by atoms with Gasteiger partial charge in [-0.2, -0.15) is 13.2 Å². The summed E-state index contributed by atoms with van der Waals surface area (Å²) >= 11 is 0. The normalized spacial score (nSPS) is 11.8. The largest absolute Gasteiger partial charge is 0.422 e. The fourth-order valence-electron chi connectivity index (χ4n) is 2.41. The van der Waals surface area contributed by atoms with Crippen LogP contribution in [0.3, 0.4) is 0 Å². The van der Waals surface area contributed by atoms with E-state index in [-0.39, 0.29) is 11.1 Å². The molecule has 0 aliphatic carbocycles. The van der Waals surface area contributed by atoms with Crippen molar-refractivity contribution in [1.29, 1.82) is 0 Å². The van der Waals surface area contributed by atoms with Crippen molar-refractivity contribution in [1.82, 2.24) is 0 Å². The van der Waals surface area contributed by atoms with Crippen molar-refractivity contribution in [2.24, 2.45) is 0 Å². The topological polar surface area (TPSA) is 17.1 Å². The molecule has 0 aliphatic heterocycles. The molecular formula is C17H9F9O. The maximum absolute atomic E-state index is 13.8. The average Bonchev–Trinajstić information content (AvgIpc) is 2.53. The molecule has 10 heteroatoms. The minimum atomic E-state index is -5.70. The number of alkyl halides is 3. The van der Waals surface area contributed by atoms with Crippen LogP contribution in [0.4, 0.5) is 39.5 Å². The molecule has 0 aromatic heterocycles. The van der Waals surface area contributed by atoms with Crippen LogP contribution in [0, 0.1) is 41.8 Å². The second-order valence-corrected chi connectivity index (χ2v) is 5.69. The number of hydrogen-bond donors (Lipinski definition) is 0. The van der Waals surface area contributed by atoms with Gasteiger partial charge in [0.2, 0.25) is 0 Å². The van der Waals surface area contributed by atoms with Gasteiger partial charge in [-0.25, -0.2) is 26.3 Å². The number of rotatable bonds is 4. The van der Waals surface area contributed by atoms with Gasteiger partial charge in [0.25, 0.3) is 0 Å². The Balaban J connectivity index is 2.38. The van der Waals surface area contributed by atoms with Crippen LogP contribution >= 0.6 is 0 Å². The number of benzene rings is 2. The van der Waals surface area contributed by atoms with E-state index in [1.165, 1.54) is 6.92 Å². The van der Waals surface area contributed by atoms with Gasteiger partial charge in [-0.1, -0.05) is 0 Å². The van der Waals surface area contributed by atoms with Crippen LogP contribution in [-0.4, -0.2) is 5.78 Å². The van der Waals surface area contributed by atoms with E-state index in [0.717, 1.165) is 6.07 Å².